The second-order valence-corrected chi connectivity index (χ2v) is 6.67. The van der Waals surface area contributed by atoms with Gasteiger partial charge < -0.3 is 10.0 Å². The molecule has 1 unspecified atom stereocenters. The minimum atomic E-state index is -0.636. The number of carbonyl (C=O) groups is 3. The van der Waals surface area contributed by atoms with E-state index < -0.39 is 17.7 Å². The van der Waals surface area contributed by atoms with Crippen LogP contribution in [0.25, 0.3) is 0 Å². The first-order valence-electron chi connectivity index (χ1n) is 7.90. The summed E-state index contributed by atoms with van der Waals surface area (Å²) in [4.78, 5) is 38.1. The fraction of sp³-hybridized carbons (Fsp3) is 0.167. The molecule has 0 aromatic heterocycles. The zero-order chi connectivity index (χ0) is 18.7. The van der Waals surface area contributed by atoms with Crippen molar-refractivity contribution in [3.05, 3.63) is 58.6 Å². The molecule has 1 saturated heterocycles. The zero-order valence-corrected chi connectivity index (χ0v) is 15.2. The van der Waals surface area contributed by atoms with Gasteiger partial charge in [-0.05, 0) is 40.2 Å². The number of anilines is 1. The Morgan fingerprint density at radius 2 is 1.77 bits per heavy atom. The van der Waals surface area contributed by atoms with Gasteiger partial charge in [0.25, 0.3) is 5.91 Å². The number of halogens is 1. The lowest BCUT2D eigenvalue weighted by Crippen LogP contribution is -2.45. The van der Waals surface area contributed by atoms with Crippen LogP contribution in [0, 0.1) is 5.92 Å². The van der Waals surface area contributed by atoms with Gasteiger partial charge in [-0.1, -0.05) is 24.3 Å². The summed E-state index contributed by atoms with van der Waals surface area (Å²) in [6.07, 6.45) is 0.0552. The number of rotatable bonds is 3. The number of nitrogens with one attached hydrogen (secondary N) is 2. The van der Waals surface area contributed by atoms with Gasteiger partial charge in [0.05, 0.1) is 17.2 Å². The van der Waals surface area contributed by atoms with Crippen LogP contribution in [0.5, 0.6) is 5.75 Å². The molecule has 1 aliphatic heterocycles. The molecular formula is C18H16BrN3O4. The predicted molar refractivity (Wildman–Crippen MR) is 98.3 cm³/mol. The number of hydrazine groups is 1. The van der Waals surface area contributed by atoms with Crippen LogP contribution in [0.1, 0.15) is 16.8 Å². The van der Waals surface area contributed by atoms with Gasteiger partial charge >= 0.3 is 0 Å². The molecule has 1 aliphatic rings. The Morgan fingerprint density at radius 3 is 2.50 bits per heavy atom. The van der Waals surface area contributed by atoms with Gasteiger partial charge in [0.15, 0.2) is 0 Å². The number of aromatic hydroxyl groups is 1. The molecule has 1 fully saturated rings. The Labute approximate surface area is 158 Å². The molecule has 0 spiro atoms. The fourth-order valence-corrected chi connectivity index (χ4v) is 3.24. The Hall–Kier alpha value is -2.87. The maximum Gasteiger partial charge on any atom is 0.273 e. The summed E-state index contributed by atoms with van der Waals surface area (Å²) in [7, 11) is 0. The van der Waals surface area contributed by atoms with Gasteiger partial charge in [-0.2, -0.15) is 0 Å². The molecule has 26 heavy (non-hydrogen) atoms. The number of phenols is 1. The van der Waals surface area contributed by atoms with E-state index in [4.69, 9.17) is 0 Å². The van der Waals surface area contributed by atoms with Crippen LogP contribution in [-0.4, -0.2) is 29.4 Å². The number of nitrogens with zero attached hydrogens (tertiary/aromatic N) is 1. The van der Waals surface area contributed by atoms with Crippen LogP contribution < -0.4 is 15.8 Å². The van der Waals surface area contributed by atoms with E-state index in [9.17, 15) is 19.5 Å². The van der Waals surface area contributed by atoms with Crippen molar-refractivity contribution in [1.29, 1.82) is 0 Å². The summed E-state index contributed by atoms with van der Waals surface area (Å²) < 4.78 is 0.766. The van der Waals surface area contributed by atoms with Crippen LogP contribution >= 0.6 is 15.9 Å². The second-order valence-electron chi connectivity index (χ2n) is 5.82. The van der Waals surface area contributed by atoms with Crippen molar-refractivity contribution in [2.24, 2.45) is 5.92 Å². The highest BCUT2D eigenvalue weighted by Crippen LogP contribution is 2.31. The molecular weight excluding hydrogens is 402 g/mol. The maximum absolute atomic E-state index is 12.3. The molecule has 3 amide bonds. The Bertz CT molecular complexity index is 871. The van der Waals surface area contributed by atoms with E-state index in [1.807, 2.05) is 18.2 Å². The Morgan fingerprint density at radius 1 is 1.08 bits per heavy atom. The highest BCUT2D eigenvalue weighted by Gasteiger charge is 2.36. The number of phenolic OH excluding ortho intramolecular Hbond substituents is 1. The first-order chi connectivity index (χ1) is 12.5. The molecule has 2 aromatic carbocycles. The van der Waals surface area contributed by atoms with Crippen LogP contribution in [0.3, 0.4) is 0 Å². The Balaban J connectivity index is 1.61. The third kappa shape index (κ3) is 3.70. The summed E-state index contributed by atoms with van der Waals surface area (Å²) in [5.41, 5.74) is 5.32. The van der Waals surface area contributed by atoms with E-state index in [0.717, 1.165) is 4.47 Å². The topological polar surface area (TPSA) is 98.7 Å². The number of carbonyl (C=O) groups excluding carboxylic acids is 3. The quantitative estimate of drug-likeness (QED) is 0.664. The van der Waals surface area contributed by atoms with Crippen molar-refractivity contribution >= 4 is 39.3 Å². The van der Waals surface area contributed by atoms with Gasteiger partial charge in [0, 0.05) is 17.4 Å². The van der Waals surface area contributed by atoms with Gasteiger partial charge in [0.2, 0.25) is 11.8 Å². The van der Waals surface area contributed by atoms with Crippen LogP contribution in [0.4, 0.5) is 5.69 Å². The highest BCUT2D eigenvalue weighted by molar-refractivity contribution is 9.10. The monoisotopic (exact) mass is 417 g/mol. The molecule has 134 valence electrons. The predicted octanol–water partition coefficient (Wildman–Crippen LogP) is 1.97. The minimum absolute atomic E-state index is 0.0464. The molecule has 2 aromatic rings. The lowest BCUT2D eigenvalue weighted by molar-refractivity contribution is -0.126. The molecule has 8 heteroatoms. The number of benzene rings is 2. The first-order valence-corrected chi connectivity index (χ1v) is 8.69. The van der Waals surface area contributed by atoms with Gasteiger partial charge in [-0.15, -0.1) is 0 Å². The maximum atomic E-state index is 12.3. The highest BCUT2D eigenvalue weighted by atomic mass is 79.9. The molecule has 0 bridgehead atoms. The molecule has 1 atom stereocenters. The molecule has 0 aliphatic carbocycles. The SMILES string of the molecule is O=C(NNC(=O)C1CC(=O)N(c2ccccc2Br)C1)c1ccccc1O. The minimum Gasteiger partial charge on any atom is -0.507 e. The summed E-state index contributed by atoms with van der Waals surface area (Å²) in [5.74, 6) is -2.03. The van der Waals surface area contributed by atoms with Crippen LogP contribution in [0.15, 0.2) is 53.0 Å². The van der Waals surface area contributed by atoms with E-state index in [-0.39, 0.29) is 30.2 Å². The Kier molecular flexibility index (Phi) is 5.22. The smallest absolute Gasteiger partial charge is 0.273 e. The standard InChI is InChI=1S/C18H16BrN3O4/c19-13-6-2-3-7-14(13)22-10-11(9-16(22)24)17(25)20-21-18(26)12-5-1-4-8-15(12)23/h1-8,11,23H,9-10H2,(H,20,25)(H,21,26). The van der Waals surface area contributed by atoms with E-state index in [0.29, 0.717) is 5.69 Å². The van der Waals surface area contributed by atoms with Crippen LogP contribution in [-0.2, 0) is 9.59 Å². The largest absolute Gasteiger partial charge is 0.507 e. The molecule has 3 N–H and O–H groups in total. The van der Waals surface area contributed by atoms with Gasteiger partial charge in [-0.3, -0.25) is 25.2 Å². The lowest BCUT2D eigenvalue weighted by atomic mass is 10.1. The van der Waals surface area contributed by atoms with Gasteiger partial charge in [0.1, 0.15) is 5.75 Å². The van der Waals surface area contributed by atoms with Crippen molar-refractivity contribution in [3.63, 3.8) is 0 Å². The first kappa shape index (κ1) is 17.9. The average Bonchev–Trinajstić information content (AvgIpc) is 3.02. The molecule has 7 nitrogen and oxygen atoms in total. The number of hydrogen-bond acceptors (Lipinski definition) is 4. The molecule has 0 radical (unpaired) electrons. The molecule has 0 saturated carbocycles. The van der Waals surface area contributed by atoms with E-state index in [1.165, 1.54) is 12.1 Å². The zero-order valence-electron chi connectivity index (χ0n) is 13.6. The summed E-state index contributed by atoms with van der Waals surface area (Å²) in [6.45, 7) is 0.222. The second kappa shape index (κ2) is 7.57. The van der Waals surface area contributed by atoms with Crippen molar-refractivity contribution in [2.75, 3.05) is 11.4 Å². The third-order valence-corrected chi connectivity index (χ3v) is 4.76. The summed E-state index contributed by atoms with van der Waals surface area (Å²) >= 11 is 3.40. The average molecular weight is 418 g/mol. The van der Waals surface area contributed by atoms with Crippen molar-refractivity contribution in [2.45, 2.75) is 6.42 Å². The van der Waals surface area contributed by atoms with E-state index in [1.54, 1.807) is 23.1 Å². The normalized spacial score (nSPS) is 16.4. The third-order valence-electron chi connectivity index (χ3n) is 4.09. The fourth-order valence-electron chi connectivity index (χ4n) is 2.74. The molecule has 1 heterocycles. The van der Waals surface area contributed by atoms with Crippen molar-refractivity contribution in [3.8, 4) is 5.75 Å². The lowest BCUT2D eigenvalue weighted by Gasteiger charge is -2.18. The van der Waals surface area contributed by atoms with Crippen molar-refractivity contribution < 1.29 is 19.5 Å². The van der Waals surface area contributed by atoms with Gasteiger partial charge in [-0.25, -0.2) is 0 Å². The molecule has 3 rings (SSSR count). The van der Waals surface area contributed by atoms with E-state index >= 15 is 0 Å². The number of hydrogen-bond donors (Lipinski definition) is 3. The van der Waals surface area contributed by atoms with Crippen LogP contribution in [0.2, 0.25) is 0 Å². The number of amides is 3. The summed E-state index contributed by atoms with van der Waals surface area (Å²) in [5, 5.41) is 9.65. The van der Waals surface area contributed by atoms with E-state index in [2.05, 4.69) is 26.8 Å². The summed E-state index contributed by atoms with van der Waals surface area (Å²) in [6, 6.07) is 13.3. The number of para-hydroxylation sites is 2. The van der Waals surface area contributed by atoms with Crippen molar-refractivity contribution in [1.82, 2.24) is 10.9 Å².